The lowest BCUT2D eigenvalue weighted by molar-refractivity contribution is -0.145. The summed E-state index contributed by atoms with van der Waals surface area (Å²) in [5, 5.41) is 11.6. The Kier molecular flexibility index (Phi) is 5.17. The Morgan fingerprint density at radius 1 is 1.33 bits per heavy atom. The molecule has 0 saturated carbocycles. The highest BCUT2D eigenvalue weighted by atomic mass is 16.5. The Morgan fingerprint density at radius 3 is 2.39 bits per heavy atom. The second-order valence-electron chi connectivity index (χ2n) is 3.94. The van der Waals surface area contributed by atoms with Crippen molar-refractivity contribution in [1.82, 2.24) is 0 Å². The van der Waals surface area contributed by atoms with Gasteiger partial charge in [0.25, 0.3) is 0 Å². The minimum atomic E-state index is -0.970. The van der Waals surface area contributed by atoms with Crippen molar-refractivity contribution in [1.29, 1.82) is 0 Å². The number of ether oxygens (including phenoxy) is 1. The molecule has 1 aromatic rings. The molecule has 0 saturated heterocycles. The predicted octanol–water partition coefficient (Wildman–Crippen LogP) is 2.28. The third-order valence-corrected chi connectivity index (χ3v) is 2.28. The van der Waals surface area contributed by atoms with Crippen molar-refractivity contribution < 1.29 is 19.4 Å². The summed E-state index contributed by atoms with van der Waals surface area (Å²) in [6, 6.07) is 6.61. The van der Waals surface area contributed by atoms with Crippen LogP contribution in [0.3, 0.4) is 0 Å². The van der Waals surface area contributed by atoms with E-state index < -0.39 is 12.1 Å². The molecule has 0 radical (unpaired) electrons. The number of carbonyl (C=O) groups excluding carboxylic acids is 1. The van der Waals surface area contributed by atoms with Crippen LogP contribution in [0.4, 0.5) is 5.69 Å². The molecule has 1 rings (SSSR count). The van der Waals surface area contributed by atoms with Gasteiger partial charge < -0.3 is 15.2 Å². The molecule has 5 heteroatoms. The van der Waals surface area contributed by atoms with Gasteiger partial charge >= 0.3 is 5.97 Å². The standard InChI is InChI=1S/C13H17NO4/c1-3-4-12(13(16)17)18-11-7-5-10(6-8-11)14-9(2)15/h5-8,12H,3-4H2,1-2H3,(H,14,15)(H,16,17). The Balaban J connectivity index is 2.67. The number of aliphatic carboxylic acids is 1. The van der Waals surface area contributed by atoms with Gasteiger partial charge in [-0.3, -0.25) is 4.79 Å². The first-order chi connectivity index (χ1) is 8.52. The van der Waals surface area contributed by atoms with Crippen LogP contribution in [0.15, 0.2) is 24.3 Å². The normalized spacial score (nSPS) is 11.7. The van der Waals surface area contributed by atoms with Crippen LogP contribution in [0.5, 0.6) is 5.75 Å². The summed E-state index contributed by atoms with van der Waals surface area (Å²) < 4.78 is 5.36. The zero-order valence-electron chi connectivity index (χ0n) is 10.5. The quantitative estimate of drug-likeness (QED) is 0.813. The average Bonchev–Trinajstić information content (AvgIpc) is 2.30. The lowest BCUT2D eigenvalue weighted by atomic mass is 10.2. The van der Waals surface area contributed by atoms with Crippen molar-refractivity contribution >= 4 is 17.6 Å². The van der Waals surface area contributed by atoms with Crippen molar-refractivity contribution in [2.75, 3.05) is 5.32 Å². The molecule has 0 aliphatic carbocycles. The van der Waals surface area contributed by atoms with E-state index in [0.29, 0.717) is 17.9 Å². The molecule has 1 atom stereocenters. The molecule has 5 nitrogen and oxygen atoms in total. The molecule has 0 spiro atoms. The second-order valence-corrected chi connectivity index (χ2v) is 3.94. The van der Waals surface area contributed by atoms with Gasteiger partial charge in [-0.2, -0.15) is 0 Å². The molecule has 1 aromatic carbocycles. The number of carboxylic acids is 1. The number of rotatable bonds is 6. The van der Waals surface area contributed by atoms with Crippen LogP contribution in [0.1, 0.15) is 26.7 Å². The fourth-order valence-electron chi connectivity index (χ4n) is 1.48. The van der Waals surface area contributed by atoms with E-state index >= 15 is 0 Å². The van der Waals surface area contributed by atoms with E-state index in [1.54, 1.807) is 24.3 Å². The van der Waals surface area contributed by atoms with Crippen LogP contribution in [-0.4, -0.2) is 23.1 Å². The van der Waals surface area contributed by atoms with Crippen LogP contribution >= 0.6 is 0 Å². The average molecular weight is 251 g/mol. The van der Waals surface area contributed by atoms with Gasteiger partial charge in [0.1, 0.15) is 5.75 Å². The highest BCUT2D eigenvalue weighted by Gasteiger charge is 2.17. The van der Waals surface area contributed by atoms with Gasteiger partial charge in [0.05, 0.1) is 0 Å². The van der Waals surface area contributed by atoms with Gasteiger partial charge in [-0.1, -0.05) is 13.3 Å². The maximum Gasteiger partial charge on any atom is 0.344 e. The lowest BCUT2D eigenvalue weighted by Crippen LogP contribution is -2.26. The molecular weight excluding hydrogens is 234 g/mol. The molecule has 0 fully saturated rings. The first-order valence-electron chi connectivity index (χ1n) is 5.80. The maximum atomic E-state index is 10.9. The number of carbonyl (C=O) groups is 2. The predicted molar refractivity (Wildman–Crippen MR) is 67.7 cm³/mol. The Morgan fingerprint density at radius 2 is 1.94 bits per heavy atom. The fraction of sp³-hybridized carbons (Fsp3) is 0.385. The number of nitrogens with one attached hydrogen (secondary N) is 1. The monoisotopic (exact) mass is 251 g/mol. The molecule has 0 aliphatic rings. The molecular formula is C13H17NO4. The molecule has 0 bridgehead atoms. The van der Waals surface area contributed by atoms with E-state index in [2.05, 4.69) is 5.32 Å². The number of benzene rings is 1. The van der Waals surface area contributed by atoms with Crippen LogP contribution in [0.25, 0.3) is 0 Å². The minimum Gasteiger partial charge on any atom is -0.479 e. The summed E-state index contributed by atoms with van der Waals surface area (Å²) in [5.74, 6) is -0.647. The highest BCUT2D eigenvalue weighted by molar-refractivity contribution is 5.88. The second kappa shape index (κ2) is 6.64. The molecule has 0 aliphatic heterocycles. The van der Waals surface area contributed by atoms with Crippen molar-refractivity contribution in [3.8, 4) is 5.75 Å². The first kappa shape index (κ1) is 14.0. The number of carboxylic acid groups (broad SMARTS) is 1. The highest BCUT2D eigenvalue weighted by Crippen LogP contribution is 2.18. The molecule has 0 heterocycles. The van der Waals surface area contributed by atoms with Gasteiger partial charge in [0, 0.05) is 12.6 Å². The first-order valence-corrected chi connectivity index (χ1v) is 5.80. The van der Waals surface area contributed by atoms with E-state index in [9.17, 15) is 9.59 Å². The number of amides is 1. The van der Waals surface area contributed by atoms with Gasteiger partial charge in [0.2, 0.25) is 5.91 Å². The third-order valence-electron chi connectivity index (χ3n) is 2.28. The summed E-state index contributed by atoms with van der Waals surface area (Å²) >= 11 is 0. The van der Waals surface area contributed by atoms with Crippen LogP contribution in [0.2, 0.25) is 0 Å². The summed E-state index contributed by atoms with van der Waals surface area (Å²) in [6.07, 6.45) is 0.366. The van der Waals surface area contributed by atoms with Crippen LogP contribution in [-0.2, 0) is 9.59 Å². The Labute approximate surface area is 106 Å². The molecule has 2 N–H and O–H groups in total. The summed E-state index contributed by atoms with van der Waals surface area (Å²) in [7, 11) is 0. The maximum absolute atomic E-state index is 10.9. The van der Waals surface area contributed by atoms with Gasteiger partial charge in [0.15, 0.2) is 6.10 Å². The summed E-state index contributed by atoms with van der Waals surface area (Å²) in [6.45, 7) is 3.32. The smallest absolute Gasteiger partial charge is 0.344 e. The largest absolute Gasteiger partial charge is 0.479 e. The van der Waals surface area contributed by atoms with Crippen molar-refractivity contribution in [3.63, 3.8) is 0 Å². The van der Waals surface area contributed by atoms with Crippen LogP contribution in [0, 0.1) is 0 Å². The number of anilines is 1. The Bertz CT molecular complexity index is 414. The topological polar surface area (TPSA) is 75.6 Å². The summed E-state index contributed by atoms with van der Waals surface area (Å²) in [4.78, 5) is 21.8. The number of hydrogen-bond donors (Lipinski definition) is 2. The third kappa shape index (κ3) is 4.45. The lowest BCUT2D eigenvalue weighted by Gasteiger charge is -2.14. The van der Waals surface area contributed by atoms with E-state index in [1.165, 1.54) is 6.92 Å². The van der Waals surface area contributed by atoms with Crippen molar-refractivity contribution in [3.05, 3.63) is 24.3 Å². The van der Waals surface area contributed by atoms with Crippen molar-refractivity contribution in [2.45, 2.75) is 32.8 Å². The van der Waals surface area contributed by atoms with Gasteiger partial charge in [-0.25, -0.2) is 4.79 Å². The zero-order valence-corrected chi connectivity index (χ0v) is 10.5. The van der Waals surface area contributed by atoms with E-state index in [1.807, 2.05) is 6.92 Å². The molecule has 0 aromatic heterocycles. The Hall–Kier alpha value is -2.04. The van der Waals surface area contributed by atoms with Crippen molar-refractivity contribution in [2.24, 2.45) is 0 Å². The minimum absolute atomic E-state index is 0.155. The molecule has 18 heavy (non-hydrogen) atoms. The molecule has 1 unspecified atom stereocenters. The van der Waals surface area contributed by atoms with Crippen LogP contribution < -0.4 is 10.1 Å². The van der Waals surface area contributed by atoms with Gasteiger partial charge in [-0.15, -0.1) is 0 Å². The fourth-order valence-corrected chi connectivity index (χ4v) is 1.48. The molecule has 98 valence electrons. The summed E-state index contributed by atoms with van der Waals surface area (Å²) in [5.41, 5.74) is 0.650. The molecule has 1 amide bonds. The van der Waals surface area contributed by atoms with Gasteiger partial charge in [-0.05, 0) is 30.7 Å². The number of hydrogen-bond acceptors (Lipinski definition) is 3. The van der Waals surface area contributed by atoms with E-state index in [-0.39, 0.29) is 5.91 Å². The van der Waals surface area contributed by atoms with E-state index in [4.69, 9.17) is 9.84 Å². The van der Waals surface area contributed by atoms with E-state index in [0.717, 1.165) is 6.42 Å². The zero-order chi connectivity index (χ0) is 13.5. The SMILES string of the molecule is CCCC(Oc1ccc(NC(C)=O)cc1)C(=O)O.